The summed E-state index contributed by atoms with van der Waals surface area (Å²) in [6.45, 7) is 0.377. The molecule has 2 N–H and O–H groups in total. The Balaban J connectivity index is 2.07. The lowest BCUT2D eigenvalue weighted by Gasteiger charge is -2.30. The van der Waals surface area contributed by atoms with Crippen molar-refractivity contribution in [2.75, 3.05) is 26.3 Å². The summed E-state index contributed by atoms with van der Waals surface area (Å²) < 4.78 is 11.9. The molecule has 0 fully saturated rings. The number of carbonyl (C=O) groups excluding carboxylic acids is 1. The van der Waals surface area contributed by atoms with Crippen molar-refractivity contribution in [1.29, 1.82) is 0 Å². The van der Waals surface area contributed by atoms with Gasteiger partial charge in [-0.1, -0.05) is 30.3 Å². The number of hydrogen-bond donors (Lipinski definition) is 2. The van der Waals surface area contributed by atoms with E-state index in [4.69, 9.17) is 9.47 Å². The number of nitrogens with zero attached hydrogens (tertiary/aromatic N) is 2. The Kier molecular flexibility index (Phi) is 4.73. The van der Waals surface area contributed by atoms with E-state index in [9.17, 15) is 14.7 Å². The number of fused-ring (bicyclic) bond motifs is 1. The number of pyridine rings is 1. The average molecular weight is 345 g/mol. The van der Waals surface area contributed by atoms with Gasteiger partial charge >= 0.3 is 0 Å². The van der Waals surface area contributed by atoms with Gasteiger partial charge in [0.25, 0.3) is 5.91 Å². The first-order chi connectivity index (χ1) is 12.0. The SMILES string of the molecule is COC(O)c1cn2c(c(OCc3ccccc3)c1=O)C(=O)N(C)CN2. The fraction of sp³-hybridized carbons (Fsp3) is 0.294. The number of rotatable bonds is 5. The topological polar surface area (TPSA) is 93.0 Å². The van der Waals surface area contributed by atoms with Gasteiger partial charge in [0, 0.05) is 20.4 Å². The summed E-state index contributed by atoms with van der Waals surface area (Å²) in [4.78, 5) is 26.7. The Morgan fingerprint density at radius 1 is 1.28 bits per heavy atom. The number of methoxy groups -OCH3 is 1. The van der Waals surface area contributed by atoms with Gasteiger partial charge in [-0.05, 0) is 5.56 Å². The predicted octanol–water partition coefficient (Wildman–Crippen LogP) is 0.651. The molecule has 2 aromatic rings. The quantitative estimate of drug-likeness (QED) is 0.773. The van der Waals surface area contributed by atoms with Gasteiger partial charge in [-0.2, -0.15) is 0 Å². The maximum atomic E-state index is 12.7. The van der Waals surface area contributed by atoms with Crippen LogP contribution in [-0.2, 0) is 11.3 Å². The second-order valence-corrected chi connectivity index (χ2v) is 5.64. The molecule has 0 saturated carbocycles. The Labute approximate surface area is 144 Å². The maximum absolute atomic E-state index is 12.7. The van der Waals surface area contributed by atoms with E-state index in [1.165, 1.54) is 22.9 Å². The minimum atomic E-state index is -1.42. The monoisotopic (exact) mass is 345 g/mol. The molecule has 1 unspecified atom stereocenters. The maximum Gasteiger partial charge on any atom is 0.277 e. The molecule has 25 heavy (non-hydrogen) atoms. The lowest BCUT2D eigenvalue weighted by Crippen LogP contribution is -2.45. The van der Waals surface area contributed by atoms with Crippen LogP contribution < -0.4 is 15.6 Å². The molecule has 0 bridgehead atoms. The van der Waals surface area contributed by atoms with Gasteiger partial charge in [-0.15, -0.1) is 0 Å². The highest BCUT2D eigenvalue weighted by Gasteiger charge is 2.30. The van der Waals surface area contributed by atoms with Crippen LogP contribution in [0.4, 0.5) is 0 Å². The molecule has 1 aliphatic heterocycles. The smallest absolute Gasteiger partial charge is 0.277 e. The first-order valence-electron chi connectivity index (χ1n) is 7.69. The number of nitrogens with one attached hydrogen (secondary N) is 1. The highest BCUT2D eigenvalue weighted by atomic mass is 16.6. The largest absolute Gasteiger partial charge is 0.482 e. The van der Waals surface area contributed by atoms with Crippen LogP contribution in [0.1, 0.15) is 27.9 Å². The van der Waals surface area contributed by atoms with E-state index in [2.05, 4.69) is 5.43 Å². The second kappa shape index (κ2) is 6.96. The molecule has 0 aliphatic carbocycles. The van der Waals surface area contributed by atoms with Crippen molar-refractivity contribution in [2.45, 2.75) is 12.9 Å². The number of aromatic nitrogens is 1. The molecule has 3 rings (SSSR count). The Hall–Kier alpha value is -2.84. The molecule has 0 spiro atoms. The highest BCUT2D eigenvalue weighted by molar-refractivity contribution is 5.96. The summed E-state index contributed by atoms with van der Waals surface area (Å²) in [5, 5.41) is 9.93. The fourth-order valence-corrected chi connectivity index (χ4v) is 2.54. The Morgan fingerprint density at radius 3 is 2.68 bits per heavy atom. The Bertz CT molecular complexity index is 834. The van der Waals surface area contributed by atoms with Crippen molar-refractivity contribution in [1.82, 2.24) is 9.58 Å². The molecule has 8 heteroatoms. The number of benzene rings is 1. The van der Waals surface area contributed by atoms with Gasteiger partial charge in [-0.25, -0.2) is 0 Å². The number of aliphatic hydroxyl groups is 1. The zero-order chi connectivity index (χ0) is 18.0. The molecule has 1 aliphatic rings. The first-order valence-corrected chi connectivity index (χ1v) is 7.69. The molecule has 1 aromatic carbocycles. The molecule has 8 nitrogen and oxygen atoms in total. The summed E-state index contributed by atoms with van der Waals surface area (Å²) in [5.74, 6) is -0.473. The zero-order valence-corrected chi connectivity index (χ0v) is 13.9. The van der Waals surface area contributed by atoms with Gasteiger partial charge in [0.05, 0.1) is 5.56 Å². The van der Waals surface area contributed by atoms with Gasteiger partial charge in [-0.3, -0.25) is 14.3 Å². The number of aliphatic hydroxyl groups excluding tert-OH is 1. The fourth-order valence-electron chi connectivity index (χ4n) is 2.54. The normalized spacial score (nSPS) is 14.7. The van der Waals surface area contributed by atoms with Crippen LogP contribution in [0.3, 0.4) is 0 Å². The van der Waals surface area contributed by atoms with Crippen molar-refractivity contribution in [2.24, 2.45) is 0 Å². The van der Waals surface area contributed by atoms with E-state index in [0.29, 0.717) is 0 Å². The number of hydrogen-bond acceptors (Lipinski definition) is 6. The first kappa shape index (κ1) is 17.0. The minimum Gasteiger partial charge on any atom is -0.482 e. The number of ether oxygens (including phenoxy) is 2. The summed E-state index contributed by atoms with van der Waals surface area (Å²) in [5.41, 5.74) is 3.30. The van der Waals surface area contributed by atoms with Gasteiger partial charge in [0.15, 0.2) is 17.7 Å². The molecule has 2 heterocycles. The van der Waals surface area contributed by atoms with E-state index >= 15 is 0 Å². The molecular formula is C17H19N3O5. The van der Waals surface area contributed by atoms with E-state index in [1.54, 1.807) is 7.05 Å². The van der Waals surface area contributed by atoms with Gasteiger partial charge < -0.3 is 24.9 Å². The average Bonchev–Trinajstić information content (AvgIpc) is 2.64. The molecule has 1 atom stereocenters. The third-order valence-electron chi connectivity index (χ3n) is 3.94. The van der Waals surface area contributed by atoms with E-state index in [0.717, 1.165) is 5.56 Å². The zero-order valence-electron chi connectivity index (χ0n) is 13.9. The van der Waals surface area contributed by atoms with Crippen LogP contribution in [0.25, 0.3) is 0 Å². The molecule has 0 saturated heterocycles. The molecule has 1 aromatic heterocycles. The van der Waals surface area contributed by atoms with E-state index < -0.39 is 11.7 Å². The van der Waals surface area contributed by atoms with Crippen molar-refractivity contribution >= 4 is 5.91 Å². The van der Waals surface area contributed by atoms with Crippen LogP contribution in [0.2, 0.25) is 0 Å². The van der Waals surface area contributed by atoms with Crippen molar-refractivity contribution in [3.05, 3.63) is 63.6 Å². The lowest BCUT2D eigenvalue weighted by atomic mass is 10.2. The standard InChI is InChI=1S/C17H19N3O5/c1-19-10-18-20-8-12(17(23)24-2)14(21)15(13(20)16(19)22)25-9-11-6-4-3-5-7-11/h3-8,17-18,23H,9-10H2,1-2H3. The van der Waals surface area contributed by atoms with Crippen molar-refractivity contribution in [3.8, 4) is 5.75 Å². The van der Waals surface area contributed by atoms with Crippen LogP contribution in [-0.4, -0.2) is 41.4 Å². The summed E-state index contributed by atoms with van der Waals surface area (Å²) in [6.07, 6.45) is -0.0625. The summed E-state index contributed by atoms with van der Waals surface area (Å²) in [6, 6.07) is 9.28. The van der Waals surface area contributed by atoms with E-state index in [1.807, 2.05) is 30.3 Å². The van der Waals surface area contributed by atoms with Crippen LogP contribution >= 0.6 is 0 Å². The summed E-state index contributed by atoms with van der Waals surface area (Å²) >= 11 is 0. The minimum absolute atomic E-state index is 0.0147. The van der Waals surface area contributed by atoms with Gasteiger partial charge in [0.2, 0.25) is 5.43 Å². The molecule has 0 radical (unpaired) electrons. The third kappa shape index (κ3) is 3.21. The highest BCUT2D eigenvalue weighted by Crippen LogP contribution is 2.22. The predicted molar refractivity (Wildman–Crippen MR) is 89.8 cm³/mol. The Morgan fingerprint density at radius 2 is 2.00 bits per heavy atom. The number of carbonyl (C=O) groups is 1. The molecular weight excluding hydrogens is 326 g/mol. The molecule has 132 valence electrons. The third-order valence-corrected chi connectivity index (χ3v) is 3.94. The van der Waals surface area contributed by atoms with E-state index in [-0.39, 0.29) is 36.2 Å². The number of amides is 1. The molecule has 1 amide bonds. The summed E-state index contributed by atoms with van der Waals surface area (Å²) in [7, 11) is 2.90. The second-order valence-electron chi connectivity index (χ2n) is 5.64. The lowest BCUT2D eigenvalue weighted by molar-refractivity contribution is -0.0781. The van der Waals surface area contributed by atoms with Crippen LogP contribution in [0.15, 0.2) is 41.3 Å². The van der Waals surface area contributed by atoms with Crippen molar-refractivity contribution < 1.29 is 19.4 Å². The van der Waals surface area contributed by atoms with Crippen LogP contribution in [0, 0.1) is 0 Å². The van der Waals surface area contributed by atoms with Crippen LogP contribution in [0.5, 0.6) is 5.75 Å². The van der Waals surface area contributed by atoms with Crippen molar-refractivity contribution in [3.63, 3.8) is 0 Å². The van der Waals surface area contributed by atoms with Gasteiger partial charge in [0.1, 0.15) is 13.3 Å².